The number of carbonyl (C=O) groups is 1. The van der Waals surface area contributed by atoms with E-state index in [1.165, 1.54) is 7.11 Å². The Hall–Kier alpha value is -4.13. The van der Waals surface area contributed by atoms with Gasteiger partial charge in [-0.15, -0.1) is 0 Å². The summed E-state index contributed by atoms with van der Waals surface area (Å²) in [5.74, 6) is 0.801. The summed E-state index contributed by atoms with van der Waals surface area (Å²) in [6.07, 6.45) is 3.43. The standard InChI is InChI=1S/C25H24N4O3/c1-18(19-9-8-13-22(15-19)32-17-20-10-6-7-14-26-20)27-25(30)24-23(31-2)16-29(28-24)21-11-4-3-5-12-21/h3-16,18H,17H2,1-2H3,(H,27,30). The van der Waals surface area contributed by atoms with Gasteiger partial charge >= 0.3 is 0 Å². The summed E-state index contributed by atoms with van der Waals surface area (Å²) in [6, 6.07) is 22.6. The lowest BCUT2D eigenvalue weighted by Crippen LogP contribution is -2.27. The smallest absolute Gasteiger partial charge is 0.276 e. The normalized spacial score (nSPS) is 11.6. The fourth-order valence-electron chi connectivity index (χ4n) is 3.24. The zero-order chi connectivity index (χ0) is 22.3. The second kappa shape index (κ2) is 9.78. The number of nitrogens with one attached hydrogen (secondary N) is 1. The van der Waals surface area contributed by atoms with E-state index in [0.29, 0.717) is 18.1 Å². The number of methoxy groups -OCH3 is 1. The number of benzene rings is 2. The third-order valence-corrected chi connectivity index (χ3v) is 4.95. The number of para-hydroxylation sites is 1. The fraction of sp³-hybridized carbons (Fsp3) is 0.160. The largest absolute Gasteiger partial charge is 0.493 e. The van der Waals surface area contributed by atoms with E-state index in [2.05, 4.69) is 15.4 Å². The third-order valence-electron chi connectivity index (χ3n) is 4.95. The van der Waals surface area contributed by atoms with Gasteiger partial charge in [0, 0.05) is 6.20 Å². The van der Waals surface area contributed by atoms with E-state index in [0.717, 1.165) is 16.9 Å². The minimum atomic E-state index is -0.316. The summed E-state index contributed by atoms with van der Waals surface area (Å²) in [6.45, 7) is 2.29. The Labute approximate surface area is 186 Å². The van der Waals surface area contributed by atoms with Crippen LogP contribution in [0.2, 0.25) is 0 Å². The molecular weight excluding hydrogens is 404 g/mol. The van der Waals surface area contributed by atoms with Crippen molar-refractivity contribution in [1.82, 2.24) is 20.1 Å². The van der Waals surface area contributed by atoms with Gasteiger partial charge in [-0.2, -0.15) is 5.10 Å². The Morgan fingerprint density at radius 2 is 1.88 bits per heavy atom. The molecule has 2 aromatic carbocycles. The second-order valence-corrected chi connectivity index (χ2v) is 7.20. The molecule has 7 nitrogen and oxygen atoms in total. The first-order chi connectivity index (χ1) is 15.6. The summed E-state index contributed by atoms with van der Waals surface area (Å²) in [7, 11) is 1.52. The molecular formula is C25H24N4O3. The van der Waals surface area contributed by atoms with Gasteiger partial charge in [0.2, 0.25) is 0 Å². The van der Waals surface area contributed by atoms with Crippen LogP contribution in [0.4, 0.5) is 0 Å². The Kier molecular flexibility index (Phi) is 6.46. The third kappa shape index (κ3) is 4.95. The average Bonchev–Trinajstić information content (AvgIpc) is 3.29. The van der Waals surface area contributed by atoms with Crippen LogP contribution in [0.3, 0.4) is 0 Å². The highest BCUT2D eigenvalue weighted by Crippen LogP contribution is 2.23. The molecule has 0 bridgehead atoms. The highest BCUT2D eigenvalue weighted by Gasteiger charge is 2.20. The van der Waals surface area contributed by atoms with Crippen LogP contribution in [-0.4, -0.2) is 27.8 Å². The van der Waals surface area contributed by atoms with Crippen LogP contribution in [0.1, 0.15) is 34.7 Å². The Balaban J connectivity index is 1.45. The van der Waals surface area contributed by atoms with Gasteiger partial charge < -0.3 is 14.8 Å². The maximum Gasteiger partial charge on any atom is 0.276 e. The number of hydrogen-bond acceptors (Lipinski definition) is 5. The van der Waals surface area contributed by atoms with Crippen LogP contribution in [0.5, 0.6) is 11.5 Å². The van der Waals surface area contributed by atoms with Crippen molar-refractivity contribution in [2.24, 2.45) is 0 Å². The number of ether oxygens (including phenoxy) is 2. The van der Waals surface area contributed by atoms with Crippen LogP contribution in [0.25, 0.3) is 5.69 Å². The Morgan fingerprint density at radius 1 is 1.06 bits per heavy atom. The van der Waals surface area contributed by atoms with Gasteiger partial charge in [0.25, 0.3) is 5.91 Å². The number of amides is 1. The molecule has 32 heavy (non-hydrogen) atoms. The summed E-state index contributed by atoms with van der Waals surface area (Å²) >= 11 is 0. The molecule has 0 aliphatic heterocycles. The minimum absolute atomic E-state index is 0.228. The first kappa shape index (κ1) is 21.1. The van der Waals surface area contributed by atoms with Crippen molar-refractivity contribution in [3.8, 4) is 17.2 Å². The van der Waals surface area contributed by atoms with E-state index in [-0.39, 0.29) is 17.6 Å². The Morgan fingerprint density at radius 3 is 2.62 bits per heavy atom. The molecule has 0 spiro atoms. The average molecular weight is 428 g/mol. The lowest BCUT2D eigenvalue weighted by atomic mass is 10.1. The topological polar surface area (TPSA) is 78.3 Å². The van der Waals surface area contributed by atoms with Crippen molar-refractivity contribution in [1.29, 1.82) is 0 Å². The Bertz CT molecular complexity index is 1180. The predicted molar refractivity (Wildman–Crippen MR) is 121 cm³/mol. The molecule has 1 N–H and O–H groups in total. The summed E-state index contributed by atoms with van der Waals surface area (Å²) in [5.41, 5.74) is 2.83. The van der Waals surface area contributed by atoms with Crippen LogP contribution >= 0.6 is 0 Å². The van der Waals surface area contributed by atoms with E-state index >= 15 is 0 Å². The molecule has 162 valence electrons. The number of hydrogen-bond donors (Lipinski definition) is 1. The monoisotopic (exact) mass is 428 g/mol. The number of pyridine rings is 1. The molecule has 1 amide bonds. The van der Waals surface area contributed by atoms with Crippen LogP contribution in [-0.2, 0) is 6.61 Å². The van der Waals surface area contributed by atoms with E-state index in [9.17, 15) is 4.79 Å². The van der Waals surface area contributed by atoms with E-state index in [1.807, 2.05) is 79.7 Å². The van der Waals surface area contributed by atoms with Gasteiger partial charge in [-0.1, -0.05) is 36.4 Å². The molecule has 2 heterocycles. The second-order valence-electron chi connectivity index (χ2n) is 7.20. The van der Waals surface area contributed by atoms with Crippen LogP contribution in [0.15, 0.2) is 85.2 Å². The maximum absolute atomic E-state index is 12.9. The van der Waals surface area contributed by atoms with Crippen LogP contribution in [0, 0.1) is 0 Å². The number of aromatic nitrogens is 3. The van der Waals surface area contributed by atoms with Crippen molar-refractivity contribution >= 4 is 5.91 Å². The fourth-order valence-corrected chi connectivity index (χ4v) is 3.24. The van der Waals surface area contributed by atoms with Gasteiger partial charge in [0.1, 0.15) is 12.4 Å². The lowest BCUT2D eigenvalue weighted by molar-refractivity contribution is 0.0931. The predicted octanol–water partition coefficient (Wildman–Crippen LogP) is 4.35. The highest BCUT2D eigenvalue weighted by atomic mass is 16.5. The lowest BCUT2D eigenvalue weighted by Gasteiger charge is -2.15. The molecule has 0 saturated heterocycles. The molecule has 0 saturated carbocycles. The number of rotatable bonds is 8. The summed E-state index contributed by atoms with van der Waals surface area (Å²) < 4.78 is 12.9. The SMILES string of the molecule is COc1cn(-c2ccccc2)nc1C(=O)NC(C)c1cccc(OCc2ccccn2)c1. The molecule has 4 rings (SSSR count). The quantitative estimate of drug-likeness (QED) is 0.452. The van der Waals surface area contributed by atoms with E-state index in [4.69, 9.17) is 9.47 Å². The van der Waals surface area contributed by atoms with Crippen molar-refractivity contribution in [2.45, 2.75) is 19.6 Å². The van der Waals surface area contributed by atoms with E-state index in [1.54, 1.807) is 17.1 Å². The summed E-state index contributed by atoms with van der Waals surface area (Å²) in [4.78, 5) is 17.2. The summed E-state index contributed by atoms with van der Waals surface area (Å²) in [5, 5.41) is 7.42. The molecule has 0 radical (unpaired) electrons. The zero-order valence-corrected chi connectivity index (χ0v) is 17.9. The van der Waals surface area contributed by atoms with Crippen molar-refractivity contribution in [2.75, 3.05) is 7.11 Å². The van der Waals surface area contributed by atoms with Crippen molar-refractivity contribution in [3.05, 3.63) is 102 Å². The molecule has 0 fully saturated rings. The zero-order valence-electron chi connectivity index (χ0n) is 17.9. The van der Waals surface area contributed by atoms with Crippen LogP contribution < -0.4 is 14.8 Å². The minimum Gasteiger partial charge on any atom is -0.493 e. The maximum atomic E-state index is 12.9. The molecule has 1 atom stereocenters. The van der Waals surface area contributed by atoms with E-state index < -0.39 is 0 Å². The molecule has 1 unspecified atom stereocenters. The van der Waals surface area contributed by atoms with Crippen molar-refractivity contribution < 1.29 is 14.3 Å². The highest BCUT2D eigenvalue weighted by molar-refractivity contribution is 5.95. The first-order valence-corrected chi connectivity index (χ1v) is 10.3. The van der Waals surface area contributed by atoms with Gasteiger partial charge in [0.05, 0.1) is 30.7 Å². The first-order valence-electron chi connectivity index (χ1n) is 10.3. The van der Waals surface area contributed by atoms with Gasteiger partial charge in [-0.3, -0.25) is 9.78 Å². The van der Waals surface area contributed by atoms with Gasteiger partial charge in [-0.05, 0) is 48.9 Å². The number of carbonyl (C=O) groups excluding carboxylic acids is 1. The molecule has 2 aromatic heterocycles. The number of nitrogens with zero attached hydrogens (tertiary/aromatic N) is 3. The van der Waals surface area contributed by atoms with Gasteiger partial charge in [0.15, 0.2) is 11.4 Å². The molecule has 4 aromatic rings. The van der Waals surface area contributed by atoms with Gasteiger partial charge in [-0.25, -0.2) is 4.68 Å². The molecule has 0 aliphatic carbocycles. The van der Waals surface area contributed by atoms with Crippen molar-refractivity contribution in [3.63, 3.8) is 0 Å². The molecule has 0 aliphatic rings. The molecule has 7 heteroatoms.